The van der Waals surface area contributed by atoms with Crippen LogP contribution in [0.2, 0.25) is 0 Å². The largest absolute Gasteiger partial charge is 0.495 e. The molecule has 7 nitrogen and oxygen atoms in total. The van der Waals surface area contributed by atoms with Crippen LogP contribution >= 0.6 is 0 Å². The second kappa shape index (κ2) is 8.44. The van der Waals surface area contributed by atoms with Crippen LogP contribution in [0.15, 0.2) is 65.7 Å². The summed E-state index contributed by atoms with van der Waals surface area (Å²) in [6, 6.07) is 12.1. The topological polar surface area (TPSA) is 68.9 Å². The Morgan fingerprint density at radius 2 is 1.97 bits per heavy atom. The highest BCUT2D eigenvalue weighted by atomic mass is 19.1. The average Bonchev–Trinajstić information content (AvgIpc) is 3.27. The van der Waals surface area contributed by atoms with Crippen molar-refractivity contribution in [2.75, 3.05) is 13.7 Å². The van der Waals surface area contributed by atoms with Gasteiger partial charge in [0.05, 0.1) is 24.8 Å². The Kier molecular flexibility index (Phi) is 5.43. The molecule has 1 aromatic heterocycles. The van der Waals surface area contributed by atoms with E-state index in [9.17, 15) is 9.18 Å². The fourth-order valence-electron chi connectivity index (χ4n) is 4.53. The average molecular weight is 461 g/mol. The highest BCUT2D eigenvalue weighted by molar-refractivity contribution is 6.13. The van der Waals surface area contributed by atoms with E-state index in [0.717, 1.165) is 28.1 Å². The van der Waals surface area contributed by atoms with Gasteiger partial charge in [0.2, 0.25) is 5.91 Å². The second-order valence-corrected chi connectivity index (χ2v) is 8.72. The van der Waals surface area contributed by atoms with Crippen LogP contribution in [0.5, 0.6) is 5.75 Å². The number of imidazole rings is 1. The van der Waals surface area contributed by atoms with Crippen LogP contribution < -0.4 is 4.74 Å². The molecule has 3 aromatic rings. The third kappa shape index (κ3) is 3.75. The number of fused-ring (bicyclic) bond motifs is 1. The lowest BCUT2D eigenvalue weighted by Gasteiger charge is -2.45. The van der Waals surface area contributed by atoms with Gasteiger partial charge in [0.15, 0.2) is 5.84 Å². The predicted octanol–water partition coefficient (Wildman–Crippen LogP) is 4.59. The molecule has 34 heavy (non-hydrogen) atoms. The first kappa shape index (κ1) is 21.9. The fourth-order valence-corrected chi connectivity index (χ4v) is 4.53. The highest BCUT2D eigenvalue weighted by Gasteiger charge is 2.46. The first-order chi connectivity index (χ1) is 16.4. The van der Waals surface area contributed by atoms with Crippen molar-refractivity contribution in [1.29, 1.82) is 0 Å². The maximum absolute atomic E-state index is 13.5. The van der Waals surface area contributed by atoms with Crippen molar-refractivity contribution < 1.29 is 18.8 Å². The number of carbonyl (C=O) groups is 1. The third-order valence-electron chi connectivity index (χ3n) is 6.35. The maximum atomic E-state index is 13.5. The summed E-state index contributed by atoms with van der Waals surface area (Å²) in [5, 5.41) is 4.26. The summed E-state index contributed by atoms with van der Waals surface area (Å²) >= 11 is 0. The van der Waals surface area contributed by atoms with Crippen LogP contribution in [-0.2, 0) is 15.2 Å². The van der Waals surface area contributed by atoms with E-state index in [-0.39, 0.29) is 18.3 Å². The lowest BCUT2D eigenvalue weighted by molar-refractivity contribution is -0.137. The minimum atomic E-state index is -0.789. The molecular formula is C26H25FN4O3. The number of hydrogen-bond acceptors (Lipinski definition) is 5. The molecule has 1 atom stereocenters. The van der Waals surface area contributed by atoms with Crippen molar-refractivity contribution >= 4 is 17.8 Å². The number of nitrogens with zero attached hydrogens (tertiary/aromatic N) is 4. The molecule has 2 aromatic carbocycles. The molecule has 0 radical (unpaired) electrons. The predicted molar refractivity (Wildman–Crippen MR) is 126 cm³/mol. The molecule has 1 fully saturated rings. The van der Waals surface area contributed by atoms with Gasteiger partial charge in [0.25, 0.3) is 0 Å². The van der Waals surface area contributed by atoms with Gasteiger partial charge >= 0.3 is 0 Å². The van der Waals surface area contributed by atoms with Crippen molar-refractivity contribution in [2.24, 2.45) is 5.16 Å². The summed E-state index contributed by atoms with van der Waals surface area (Å²) in [5.41, 5.74) is 3.60. The Bertz CT molecular complexity index is 1310. The van der Waals surface area contributed by atoms with Crippen LogP contribution in [0.3, 0.4) is 0 Å². The zero-order valence-electron chi connectivity index (χ0n) is 19.3. The van der Waals surface area contributed by atoms with Gasteiger partial charge in [-0.15, -0.1) is 0 Å². The normalized spacial score (nSPS) is 21.2. The fraction of sp³-hybridized carbons (Fsp3) is 0.269. The van der Waals surface area contributed by atoms with Gasteiger partial charge in [-0.05, 0) is 67.3 Å². The molecular weight excluding hydrogens is 435 g/mol. The number of halogens is 1. The molecule has 0 aliphatic carbocycles. The molecule has 2 aliphatic heterocycles. The van der Waals surface area contributed by atoms with Gasteiger partial charge in [0.1, 0.15) is 23.7 Å². The van der Waals surface area contributed by atoms with Gasteiger partial charge in [-0.2, -0.15) is 0 Å². The van der Waals surface area contributed by atoms with Crippen molar-refractivity contribution in [3.05, 3.63) is 83.2 Å². The SMILES string of the molecule is COc1cc(/C=C2\CCC(=O)N3C2=NOC[C@]3(C)c2ccc(F)cc2)ccc1-n1cnc(C)c1. The van der Waals surface area contributed by atoms with Gasteiger partial charge in [-0.1, -0.05) is 23.4 Å². The number of benzene rings is 2. The summed E-state index contributed by atoms with van der Waals surface area (Å²) in [5.74, 6) is 0.831. The van der Waals surface area contributed by atoms with E-state index in [4.69, 9.17) is 9.57 Å². The van der Waals surface area contributed by atoms with Crippen molar-refractivity contribution in [3.8, 4) is 11.4 Å². The molecule has 3 heterocycles. The molecule has 0 bridgehead atoms. The van der Waals surface area contributed by atoms with Crippen molar-refractivity contribution in [1.82, 2.24) is 14.5 Å². The molecule has 1 amide bonds. The zero-order valence-corrected chi connectivity index (χ0v) is 19.3. The Morgan fingerprint density at radius 1 is 1.18 bits per heavy atom. The lowest BCUT2D eigenvalue weighted by Crippen LogP contribution is -2.57. The number of aromatic nitrogens is 2. The molecule has 8 heteroatoms. The van der Waals surface area contributed by atoms with Crippen LogP contribution in [0.25, 0.3) is 11.8 Å². The summed E-state index contributed by atoms with van der Waals surface area (Å²) < 4.78 is 21.1. The smallest absolute Gasteiger partial charge is 0.229 e. The molecule has 2 aliphatic rings. The van der Waals surface area contributed by atoms with Gasteiger partial charge in [-0.3, -0.25) is 9.69 Å². The molecule has 0 unspecified atom stereocenters. The van der Waals surface area contributed by atoms with E-state index in [1.165, 1.54) is 12.1 Å². The Labute approximate surface area is 197 Å². The van der Waals surface area contributed by atoms with Crippen molar-refractivity contribution in [3.63, 3.8) is 0 Å². The number of aryl methyl sites for hydroxylation is 1. The first-order valence-electron chi connectivity index (χ1n) is 11.1. The van der Waals surface area contributed by atoms with Gasteiger partial charge in [0, 0.05) is 12.6 Å². The van der Waals surface area contributed by atoms with E-state index in [1.54, 1.807) is 30.5 Å². The Balaban J connectivity index is 1.51. The van der Waals surface area contributed by atoms with Gasteiger partial charge in [-0.25, -0.2) is 9.37 Å². The molecule has 0 spiro atoms. The van der Waals surface area contributed by atoms with E-state index in [1.807, 2.05) is 48.9 Å². The highest BCUT2D eigenvalue weighted by Crippen LogP contribution is 2.38. The summed E-state index contributed by atoms with van der Waals surface area (Å²) in [6.45, 7) is 4.04. The number of amidine groups is 1. The molecule has 5 rings (SSSR count). The van der Waals surface area contributed by atoms with Crippen LogP contribution in [0.1, 0.15) is 36.6 Å². The first-order valence-corrected chi connectivity index (χ1v) is 11.1. The minimum absolute atomic E-state index is 0.0329. The second-order valence-electron chi connectivity index (χ2n) is 8.72. The van der Waals surface area contributed by atoms with Crippen LogP contribution in [-0.4, -0.2) is 39.9 Å². The maximum Gasteiger partial charge on any atom is 0.229 e. The number of methoxy groups -OCH3 is 1. The summed E-state index contributed by atoms with van der Waals surface area (Å²) in [4.78, 5) is 24.6. The van der Waals surface area contributed by atoms with Crippen LogP contribution in [0.4, 0.5) is 4.39 Å². The number of carbonyl (C=O) groups excluding carboxylic acids is 1. The quantitative estimate of drug-likeness (QED) is 0.571. The minimum Gasteiger partial charge on any atom is -0.495 e. The number of hydrogen-bond donors (Lipinski definition) is 0. The molecule has 174 valence electrons. The number of rotatable bonds is 4. The standard InChI is InChI=1S/C26H25FN4O3/c1-17-14-30(16-28-17)22-10-4-18(13-23(22)33-3)12-19-5-11-24(32)31-25(19)29-34-15-26(31,2)20-6-8-21(27)9-7-20/h4,6-10,12-14,16H,5,11,15H2,1-3H3/b19-12+/t26-/m1/s1. The summed E-state index contributed by atoms with van der Waals surface area (Å²) in [6.07, 6.45) is 6.59. The number of oxime groups is 1. The Morgan fingerprint density at radius 3 is 2.68 bits per heavy atom. The molecule has 0 saturated carbocycles. The number of piperidine rings is 1. The molecule has 1 saturated heterocycles. The van der Waals surface area contributed by atoms with Crippen molar-refractivity contribution in [2.45, 2.75) is 32.2 Å². The van der Waals surface area contributed by atoms with E-state index in [0.29, 0.717) is 24.4 Å². The summed E-state index contributed by atoms with van der Waals surface area (Å²) in [7, 11) is 1.63. The lowest BCUT2D eigenvalue weighted by atomic mass is 9.86. The zero-order chi connectivity index (χ0) is 23.9. The van der Waals surface area contributed by atoms with E-state index < -0.39 is 5.54 Å². The Hall–Kier alpha value is -3.94. The monoisotopic (exact) mass is 460 g/mol. The molecule has 0 N–H and O–H groups in total. The number of amides is 1. The van der Waals surface area contributed by atoms with Gasteiger partial charge < -0.3 is 14.1 Å². The third-order valence-corrected chi connectivity index (χ3v) is 6.35. The van der Waals surface area contributed by atoms with Crippen LogP contribution in [0, 0.1) is 12.7 Å². The van der Waals surface area contributed by atoms with E-state index in [2.05, 4.69) is 10.1 Å². The van der Waals surface area contributed by atoms with E-state index >= 15 is 0 Å². The number of ether oxygens (including phenoxy) is 1.